The van der Waals surface area contributed by atoms with Crippen LogP contribution in [0.15, 0.2) is 23.2 Å². The maximum Gasteiger partial charge on any atom is 0.242 e. The summed E-state index contributed by atoms with van der Waals surface area (Å²) in [6, 6.07) is 2.83. The number of nitrogens with one attached hydrogen (secondary N) is 1. The predicted octanol–water partition coefficient (Wildman–Crippen LogP) is 0.478. The quantitative estimate of drug-likeness (QED) is 0.739. The van der Waals surface area contributed by atoms with Crippen LogP contribution in [0.25, 0.3) is 0 Å². The van der Waals surface area contributed by atoms with Crippen LogP contribution in [0.4, 0.5) is 0 Å². The van der Waals surface area contributed by atoms with E-state index in [0.29, 0.717) is 5.69 Å². The number of aromatic nitrogens is 1. The van der Waals surface area contributed by atoms with E-state index in [2.05, 4.69) is 14.6 Å². The van der Waals surface area contributed by atoms with E-state index in [1.165, 1.54) is 31.2 Å². The molecule has 0 saturated carbocycles. The van der Waals surface area contributed by atoms with Crippen LogP contribution < -0.4 is 10.5 Å². The smallest absolute Gasteiger partial charge is 0.242 e. The average Bonchev–Trinajstić information content (AvgIpc) is 2.90. The number of sulfonamides is 1. The van der Waals surface area contributed by atoms with Crippen molar-refractivity contribution >= 4 is 27.2 Å². The molecule has 0 bridgehead atoms. The van der Waals surface area contributed by atoms with Crippen molar-refractivity contribution in [3.8, 4) is 0 Å². The topological polar surface area (TPSA) is 88.3 Å². The maximum atomic E-state index is 12.3. The molecule has 1 saturated heterocycles. The summed E-state index contributed by atoms with van der Waals surface area (Å²) in [5.41, 5.74) is 5.85. The van der Waals surface area contributed by atoms with E-state index in [4.69, 9.17) is 18.0 Å². The van der Waals surface area contributed by atoms with Crippen molar-refractivity contribution in [2.45, 2.75) is 30.7 Å². The highest BCUT2D eigenvalue weighted by Crippen LogP contribution is 2.11. The van der Waals surface area contributed by atoms with Crippen molar-refractivity contribution in [1.29, 1.82) is 0 Å². The Morgan fingerprint density at radius 1 is 1.48 bits per heavy atom. The minimum Gasteiger partial charge on any atom is -0.388 e. The van der Waals surface area contributed by atoms with Gasteiger partial charge in [-0.05, 0) is 45.0 Å². The van der Waals surface area contributed by atoms with Crippen molar-refractivity contribution in [3.05, 3.63) is 24.0 Å². The van der Waals surface area contributed by atoms with Gasteiger partial charge in [-0.3, -0.25) is 4.98 Å². The molecule has 1 aliphatic rings. The Morgan fingerprint density at radius 3 is 2.67 bits per heavy atom. The Morgan fingerprint density at radius 2 is 2.14 bits per heavy atom. The second-order valence-electron chi connectivity index (χ2n) is 5.27. The molecule has 0 spiro atoms. The number of hydrogen-bond acceptors (Lipinski definition) is 5. The van der Waals surface area contributed by atoms with Gasteiger partial charge < -0.3 is 10.6 Å². The summed E-state index contributed by atoms with van der Waals surface area (Å²) < 4.78 is 27.2. The Kier molecular flexibility index (Phi) is 5.26. The van der Waals surface area contributed by atoms with E-state index in [-0.39, 0.29) is 15.9 Å². The van der Waals surface area contributed by atoms with Gasteiger partial charge >= 0.3 is 0 Å². The van der Waals surface area contributed by atoms with Crippen LogP contribution in [0.5, 0.6) is 0 Å². The highest BCUT2D eigenvalue weighted by molar-refractivity contribution is 7.89. The number of likely N-dealkylation sites (tertiary alicyclic amines) is 1. The van der Waals surface area contributed by atoms with Gasteiger partial charge in [-0.2, -0.15) is 0 Å². The van der Waals surface area contributed by atoms with Gasteiger partial charge in [-0.15, -0.1) is 0 Å². The third-order valence-corrected chi connectivity index (χ3v) is 5.17. The Bertz CT molecular complexity index is 595. The largest absolute Gasteiger partial charge is 0.388 e. The van der Waals surface area contributed by atoms with Crippen LogP contribution in [0.2, 0.25) is 0 Å². The van der Waals surface area contributed by atoms with Gasteiger partial charge in [0.2, 0.25) is 10.0 Å². The summed E-state index contributed by atoms with van der Waals surface area (Å²) in [7, 11) is -3.57. The SMILES string of the molecule is CC(CN1CCCC1)NS(=O)(=O)c1ccc(C(N)=S)nc1. The van der Waals surface area contributed by atoms with E-state index in [1.807, 2.05) is 6.92 Å². The number of nitrogens with zero attached hydrogens (tertiary/aromatic N) is 2. The third-order valence-electron chi connectivity index (χ3n) is 3.39. The second-order valence-corrected chi connectivity index (χ2v) is 7.43. The summed E-state index contributed by atoms with van der Waals surface area (Å²) in [5.74, 6) is 0. The van der Waals surface area contributed by atoms with Gasteiger partial charge in [-0.25, -0.2) is 13.1 Å². The van der Waals surface area contributed by atoms with E-state index in [1.54, 1.807) is 0 Å². The van der Waals surface area contributed by atoms with Crippen LogP contribution >= 0.6 is 12.2 Å². The lowest BCUT2D eigenvalue weighted by atomic mass is 10.3. The number of pyridine rings is 1. The van der Waals surface area contributed by atoms with Crippen LogP contribution in [-0.4, -0.2) is 49.0 Å². The first-order valence-corrected chi connectivity index (χ1v) is 8.78. The first-order valence-electron chi connectivity index (χ1n) is 6.89. The lowest BCUT2D eigenvalue weighted by molar-refractivity contribution is 0.313. The Balaban J connectivity index is 2.01. The highest BCUT2D eigenvalue weighted by atomic mass is 32.2. The second kappa shape index (κ2) is 6.78. The molecule has 1 unspecified atom stereocenters. The Labute approximate surface area is 130 Å². The molecule has 6 nitrogen and oxygen atoms in total. The average molecular weight is 328 g/mol. The summed E-state index contributed by atoms with van der Waals surface area (Å²) in [4.78, 5) is 6.49. The number of thiocarbonyl (C=S) groups is 1. The van der Waals surface area contributed by atoms with Gasteiger partial charge in [0.1, 0.15) is 9.88 Å². The number of nitrogens with two attached hydrogens (primary N) is 1. The van der Waals surface area contributed by atoms with Crippen molar-refractivity contribution < 1.29 is 8.42 Å². The molecule has 1 aliphatic heterocycles. The highest BCUT2D eigenvalue weighted by Gasteiger charge is 2.21. The van der Waals surface area contributed by atoms with Crippen molar-refractivity contribution in [2.24, 2.45) is 5.73 Å². The minimum absolute atomic E-state index is 0.121. The summed E-state index contributed by atoms with van der Waals surface area (Å²) in [6.07, 6.45) is 3.65. The third kappa shape index (κ3) is 4.44. The molecule has 1 aromatic rings. The molecule has 2 heterocycles. The van der Waals surface area contributed by atoms with Crippen LogP contribution in [0.1, 0.15) is 25.5 Å². The van der Waals surface area contributed by atoms with Crippen LogP contribution in [0, 0.1) is 0 Å². The number of hydrogen-bond donors (Lipinski definition) is 2. The molecular weight excluding hydrogens is 308 g/mol. The van der Waals surface area contributed by atoms with E-state index < -0.39 is 10.0 Å². The molecule has 21 heavy (non-hydrogen) atoms. The molecule has 0 aromatic carbocycles. The molecule has 2 rings (SSSR count). The molecular formula is C13H20N4O2S2. The van der Waals surface area contributed by atoms with Gasteiger partial charge in [-0.1, -0.05) is 12.2 Å². The van der Waals surface area contributed by atoms with Gasteiger partial charge in [0, 0.05) is 18.8 Å². The van der Waals surface area contributed by atoms with E-state index in [9.17, 15) is 8.42 Å². The normalized spacial score (nSPS) is 17.8. The monoisotopic (exact) mass is 328 g/mol. The van der Waals surface area contributed by atoms with Gasteiger partial charge in [0.15, 0.2) is 0 Å². The van der Waals surface area contributed by atoms with Gasteiger partial charge in [0.05, 0.1) is 5.69 Å². The lowest BCUT2D eigenvalue weighted by Crippen LogP contribution is -2.41. The fourth-order valence-electron chi connectivity index (χ4n) is 2.41. The summed E-state index contributed by atoms with van der Waals surface area (Å²) in [6.45, 7) is 4.66. The summed E-state index contributed by atoms with van der Waals surface area (Å²) in [5, 5.41) is 0. The standard InChI is InChI=1S/C13H20N4O2S2/c1-10(9-17-6-2-3-7-17)16-21(18,19)11-4-5-12(13(14)20)15-8-11/h4-5,8,10,16H,2-3,6-7,9H2,1H3,(H2,14,20). The van der Waals surface area contributed by atoms with Gasteiger partial charge in [0.25, 0.3) is 0 Å². The lowest BCUT2D eigenvalue weighted by Gasteiger charge is -2.21. The molecule has 116 valence electrons. The van der Waals surface area contributed by atoms with Crippen LogP contribution in [0.3, 0.4) is 0 Å². The molecule has 0 radical (unpaired) electrons. The van der Waals surface area contributed by atoms with Crippen molar-refractivity contribution in [1.82, 2.24) is 14.6 Å². The Hall–Kier alpha value is -1.09. The zero-order valence-corrected chi connectivity index (χ0v) is 13.6. The fourth-order valence-corrected chi connectivity index (χ4v) is 3.71. The zero-order chi connectivity index (χ0) is 15.5. The van der Waals surface area contributed by atoms with Crippen molar-refractivity contribution in [2.75, 3.05) is 19.6 Å². The molecule has 0 aliphatic carbocycles. The molecule has 1 fully saturated rings. The van der Waals surface area contributed by atoms with Crippen molar-refractivity contribution in [3.63, 3.8) is 0 Å². The molecule has 0 amide bonds. The summed E-state index contributed by atoms with van der Waals surface area (Å²) >= 11 is 4.79. The fraction of sp³-hybridized carbons (Fsp3) is 0.538. The maximum absolute atomic E-state index is 12.3. The molecule has 8 heteroatoms. The minimum atomic E-state index is -3.57. The van der Waals surface area contributed by atoms with Crippen LogP contribution in [-0.2, 0) is 10.0 Å². The molecule has 3 N–H and O–H groups in total. The predicted molar refractivity (Wildman–Crippen MR) is 85.6 cm³/mol. The molecule has 1 atom stereocenters. The zero-order valence-electron chi connectivity index (χ0n) is 11.9. The van der Waals surface area contributed by atoms with E-state index >= 15 is 0 Å². The first-order chi connectivity index (χ1) is 9.88. The first kappa shape index (κ1) is 16.3. The van der Waals surface area contributed by atoms with E-state index in [0.717, 1.165) is 19.6 Å². The number of rotatable bonds is 6. The molecule has 1 aromatic heterocycles.